The maximum absolute atomic E-state index is 15.0. The van der Waals surface area contributed by atoms with E-state index in [0.29, 0.717) is 73.9 Å². The van der Waals surface area contributed by atoms with Crippen molar-refractivity contribution >= 4 is 44.6 Å². The van der Waals surface area contributed by atoms with Gasteiger partial charge in [0.15, 0.2) is 0 Å². The summed E-state index contributed by atoms with van der Waals surface area (Å²) in [7, 11) is -2.47. The van der Waals surface area contributed by atoms with Crippen LogP contribution < -0.4 is 29.6 Å². The van der Waals surface area contributed by atoms with Crippen LogP contribution in [-0.2, 0) is 29.1 Å². The van der Waals surface area contributed by atoms with Crippen molar-refractivity contribution in [3.63, 3.8) is 0 Å². The lowest BCUT2D eigenvalue weighted by Gasteiger charge is -2.34. The molecule has 3 aromatic rings. The molecule has 1 saturated heterocycles. The Bertz CT molecular complexity index is 2480. The highest BCUT2D eigenvalue weighted by Crippen LogP contribution is 2.46. The number of hydrogen-bond acceptors (Lipinski definition) is 11. The molecule has 2 aliphatic heterocycles. The molecule has 358 valence electrons. The second-order valence-electron chi connectivity index (χ2n) is 18.9. The van der Waals surface area contributed by atoms with Crippen molar-refractivity contribution in [1.29, 1.82) is 0 Å². The molecule has 7 rings (SSSR count). The lowest BCUT2D eigenvalue weighted by atomic mass is 9.88. The molecule has 4 amide bonds. The first-order valence-corrected chi connectivity index (χ1v) is 23.9. The molecule has 0 unspecified atom stereocenters. The van der Waals surface area contributed by atoms with Gasteiger partial charge in [-0.15, -0.1) is 0 Å². The average Bonchev–Trinajstić information content (AvgIpc) is 4.17. The van der Waals surface area contributed by atoms with E-state index < -0.39 is 86.4 Å². The lowest BCUT2D eigenvalue weighted by molar-refractivity contribution is -0.244. The monoisotopic (exact) mass is 941 g/mol. The van der Waals surface area contributed by atoms with Gasteiger partial charge >= 0.3 is 12.3 Å². The standard InChI is InChI=1S/C47H58F3N5O10S/c1-26(2)63-32-14-12-29(13-15-32)37-22-30-21-33(62-7)16-19-36(30)41(51-37)64-34-23-38-40(56)53-46(43(58)54-66(60,61)35-17-18-35)24-31(46)11-9-8-10-27(3)20-28(4)39(42(57)55(38)25-34)52-44(59)65-45(5,6)47(48,49)50/h9,11-16,19,21-22,26-28,31,34-35,38-39H,8,10,17-18,20,23-25H2,1-7H3,(H,52,59)(H,53,56)(H,54,58)/b11-9+/t27-,28-,31-,34-,38+,39+,46-/m1/s1. The number of pyridine rings is 1. The van der Waals surface area contributed by atoms with Gasteiger partial charge in [0.1, 0.15) is 35.2 Å². The number of carbonyl (C=O) groups is 4. The molecular formula is C47H58F3N5O10S. The van der Waals surface area contributed by atoms with E-state index in [9.17, 15) is 36.0 Å². The number of ether oxygens (including phenoxy) is 4. The lowest BCUT2D eigenvalue weighted by Crippen LogP contribution is -2.59. The molecule has 2 aromatic carbocycles. The van der Waals surface area contributed by atoms with Crippen LogP contribution in [0.4, 0.5) is 18.0 Å². The number of allylic oxidation sites excluding steroid dienone is 1. The van der Waals surface area contributed by atoms with Crippen molar-refractivity contribution in [2.24, 2.45) is 17.8 Å². The minimum atomic E-state index is -4.93. The molecule has 15 nitrogen and oxygen atoms in total. The Morgan fingerprint density at radius 3 is 2.33 bits per heavy atom. The van der Waals surface area contributed by atoms with Crippen LogP contribution in [0.25, 0.3) is 22.0 Å². The number of benzene rings is 2. The first-order chi connectivity index (χ1) is 31.0. The molecule has 7 atom stereocenters. The second kappa shape index (κ2) is 18.6. The first kappa shape index (κ1) is 48.3. The molecule has 3 fully saturated rings. The van der Waals surface area contributed by atoms with Gasteiger partial charge in [0.25, 0.3) is 5.91 Å². The predicted molar refractivity (Wildman–Crippen MR) is 238 cm³/mol. The minimum absolute atomic E-state index is 0.0430. The van der Waals surface area contributed by atoms with Gasteiger partial charge in [-0.25, -0.2) is 18.2 Å². The van der Waals surface area contributed by atoms with Gasteiger partial charge in [-0.2, -0.15) is 13.2 Å². The molecule has 3 heterocycles. The molecule has 3 N–H and O–H groups in total. The summed E-state index contributed by atoms with van der Waals surface area (Å²) in [6, 6.07) is 11.7. The van der Waals surface area contributed by atoms with E-state index in [2.05, 4.69) is 15.4 Å². The number of sulfonamides is 1. The fraction of sp³-hybridized carbons (Fsp3) is 0.553. The van der Waals surface area contributed by atoms with Crippen LogP contribution in [0.1, 0.15) is 86.5 Å². The fourth-order valence-corrected chi connectivity index (χ4v) is 10.0. The van der Waals surface area contributed by atoms with Crippen molar-refractivity contribution in [3.05, 3.63) is 60.7 Å². The molecule has 4 aliphatic rings. The normalized spacial score (nSPS) is 26.8. The van der Waals surface area contributed by atoms with E-state index in [-0.39, 0.29) is 37.3 Å². The third-order valence-electron chi connectivity index (χ3n) is 12.7. The Kier molecular flexibility index (Phi) is 13.6. The van der Waals surface area contributed by atoms with Gasteiger partial charge in [0, 0.05) is 23.3 Å². The van der Waals surface area contributed by atoms with Gasteiger partial charge < -0.3 is 34.5 Å². The van der Waals surface area contributed by atoms with E-state index in [0.717, 1.165) is 5.56 Å². The SMILES string of the molecule is COc1ccc2c(O[C@@H]3C[C@H]4C(=O)N[C@]5(C(=O)NS(=O)(=O)C6CC6)C[C@H]5/C=C/CC[C@@H](C)C[C@@H](C)[C@H](NC(=O)OC(C)(C)C(F)(F)F)C(=O)N4C3)nc(-c3ccc(OC(C)C)cc3)cc2c1. The third-order valence-corrected chi connectivity index (χ3v) is 14.5. The van der Waals surface area contributed by atoms with Gasteiger partial charge in [0.05, 0.1) is 30.7 Å². The van der Waals surface area contributed by atoms with Gasteiger partial charge in [-0.3, -0.25) is 19.1 Å². The predicted octanol–water partition coefficient (Wildman–Crippen LogP) is 6.98. The summed E-state index contributed by atoms with van der Waals surface area (Å²) in [5.41, 5.74) is -3.31. The summed E-state index contributed by atoms with van der Waals surface area (Å²) in [5.74, 6) is -2.37. The Morgan fingerprint density at radius 1 is 0.985 bits per heavy atom. The quantitative estimate of drug-likeness (QED) is 0.168. The third kappa shape index (κ3) is 10.7. The molecule has 19 heteroatoms. The number of hydrogen-bond donors (Lipinski definition) is 3. The summed E-state index contributed by atoms with van der Waals surface area (Å²) < 4.78 is 92.7. The van der Waals surface area contributed by atoms with Crippen LogP contribution in [0.5, 0.6) is 17.4 Å². The number of aromatic nitrogens is 1. The summed E-state index contributed by atoms with van der Waals surface area (Å²) >= 11 is 0. The number of methoxy groups -OCH3 is 1. The van der Waals surface area contributed by atoms with Crippen LogP contribution in [0, 0.1) is 17.8 Å². The van der Waals surface area contributed by atoms with E-state index >= 15 is 4.79 Å². The highest BCUT2D eigenvalue weighted by atomic mass is 32.2. The van der Waals surface area contributed by atoms with Crippen LogP contribution in [0.15, 0.2) is 60.7 Å². The number of alkyl halides is 3. The summed E-state index contributed by atoms with van der Waals surface area (Å²) in [4.78, 5) is 63.1. The first-order valence-electron chi connectivity index (χ1n) is 22.3. The Balaban J connectivity index is 1.26. The smallest absolute Gasteiger partial charge is 0.427 e. The van der Waals surface area contributed by atoms with Crippen LogP contribution in [0.2, 0.25) is 0 Å². The molecule has 0 bridgehead atoms. The number of alkyl carbamates (subject to hydrolysis) is 1. The van der Waals surface area contributed by atoms with Crippen molar-refractivity contribution in [3.8, 4) is 28.6 Å². The van der Waals surface area contributed by atoms with Crippen molar-refractivity contribution in [2.75, 3.05) is 13.7 Å². The maximum Gasteiger partial charge on any atom is 0.427 e. The highest BCUT2D eigenvalue weighted by molar-refractivity contribution is 7.91. The summed E-state index contributed by atoms with van der Waals surface area (Å²) in [5, 5.41) is 5.79. The van der Waals surface area contributed by atoms with Gasteiger partial charge in [0.2, 0.25) is 33.3 Å². The topological polar surface area (TPSA) is 192 Å². The Morgan fingerprint density at radius 2 is 1.68 bits per heavy atom. The van der Waals surface area contributed by atoms with Crippen molar-refractivity contribution in [1.82, 2.24) is 25.2 Å². The number of amides is 4. The Hall–Kier alpha value is -5.59. The van der Waals surface area contributed by atoms with E-state index in [4.69, 9.17) is 23.9 Å². The molecule has 2 saturated carbocycles. The van der Waals surface area contributed by atoms with Crippen LogP contribution in [-0.4, -0.2) is 103 Å². The van der Waals surface area contributed by atoms with Gasteiger partial charge in [-0.1, -0.05) is 26.0 Å². The molecule has 1 aromatic heterocycles. The summed E-state index contributed by atoms with van der Waals surface area (Å²) in [6.45, 7) is 8.61. The molecule has 66 heavy (non-hydrogen) atoms. The van der Waals surface area contributed by atoms with Crippen molar-refractivity contribution < 1.29 is 59.7 Å². The zero-order chi connectivity index (χ0) is 47.9. The van der Waals surface area contributed by atoms with Gasteiger partial charge in [-0.05, 0) is 132 Å². The molecule has 2 aliphatic carbocycles. The number of nitrogens with zero attached hydrogens (tertiary/aromatic N) is 2. The highest BCUT2D eigenvalue weighted by Gasteiger charge is 2.62. The van der Waals surface area contributed by atoms with E-state index in [1.807, 2.05) is 63.2 Å². The summed E-state index contributed by atoms with van der Waals surface area (Å²) in [6.07, 6.45) is -1.50. The second-order valence-corrected chi connectivity index (χ2v) is 20.8. The number of halogens is 3. The van der Waals surface area contributed by atoms with E-state index in [1.54, 1.807) is 25.1 Å². The van der Waals surface area contributed by atoms with Crippen molar-refractivity contribution in [2.45, 2.75) is 133 Å². The Labute approximate surface area is 382 Å². The largest absolute Gasteiger partial charge is 0.497 e. The molecule has 0 radical (unpaired) electrons. The molecule has 0 spiro atoms. The molecular weight excluding hydrogens is 884 g/mol. The number of rotatable bonds is 11. The van der Waals surface area contributed by atoms with Crippen LogP contribution >= 0.6 is 0 Å². The number of carbonyl (C=O) groups excluding carboxylic acids is 4. The minimum Gasteiger partial charge on any atom is -0.497 e. The number of nitrogens with one attached hydrogen (secondary N) is 3. The van der Waals surface area contributed by atoms with E-state index in [1.165, 1.54) is 12.0 Å². The fourth-order valence-electron chi connectivity index (χ4n) is 8.65. The number of fused-ring (bicyclic) bond motifs is 3. The maximum atomic E-state index is 15.0. The zero-order valence-corrected chi connectivity index (χ0v) is 38.9. The zero-order valence-electron chi connectivity index (χ0n) is 38.1. The average molecular weight is 942 g/mol. The van der Waals surface area contributed by atoms with Crippen LogP contribution in [0.3, 0.4) is 0 Å².